The average molecular weight is 440 g/mol. The molecule has 0 saturated carbocycles. The van der Waals surface area contributed by atoms with Crippen LogP contribution in [0.5, 0.6) is 0 Å². The predicted octanol–water partition coefficient (Wildman–Crippen LogP) is 5.47. The van der Waals surface area contributed by atoms with Crippen LogP contribution >= 0.6 is 0 Å². The van der Waals surface area contributed by atoms with Crippen molar-refractivity contribution in [2.75, 3.05) is 5.01 Å². The summed E-state index contributed by atoms with van der Waals surface area (Å²) in [4.78, 5) is 24.1. The quantitative estimate of drug-likeness (QED) is 0.546. The maximum Gasteiger partial charge on any atom is 0.416 e. The van der Waals surface area contributed by atoms with E-state index in [0.717, 1.165) is 17.1 Å². The molecule has 0 spiro atoms. The largest absolute Gasteiger partial charge is 0.478 e. The first kappa shape index (κ1) is 21.1. The van der Waals surface area contributed by atoms with Crippen LogP contribution < -0.4 is 5.01 Å². The summed E-state index contributed by atoms with van der Waals surface area (Å²) in [6.07, 6.45) is -3.03. The molecule has 4 rings (SSSR count). The molecule has 0 unspecified atom stereocenters. The first-order valence-electron chi connectivity index (χ1n) is 9.36. The molecule has 1 N–H and O–H groups in total. The molecule has 0 bridgehead atoms. The van der Waals surface area contributed by atoms with Gasteiger partial charge in [-0.25, -0.2) is 4.79 Å². The first-order valence-corrected chi connectivity index (χ1v) is 9.36. The van der Waals surface area contributed by atoms with E-state index in [2.05, 4.69) is 5.10 Å². The summed E-state index contributed by atoms with van der Waals surface area (Å²) in [7, 11) is 0. The van der Waals surface area contributed by atoms with Gasteiger partial charge in [-0.2, -0.15) is 23.3 Å². The average Bonchev–Trinajstić information content (AvgIpc) is 3.34. The van der Waals surface area contributed by atoms with Crippen LogP contribution in [0.2, 0.25) is 0 Å². The van der Waals surface area contributed by atoms with Gasteiger partial charge in [0.15, 0.2) is 0 Å². The number of carbonyl (C=O) groups excluding carboxylic acids is 1. The summed E-state index contributed by atoms with van der Waals surface area (Å²) in [5.41, 5.74) is 0.363. The third-order valence-electron chi connectivity index (χ3n) is 4.79. The number of benzene rings is 2. The number of amides is 1. The molecule has 32 heavy (non-hydrogen) atoms. The van der Waals surface area contributed by atoms with Gasteiger partial charge in [0.1, 0.15) is 11.5 Å². The predicted molar refractivity (Wildman–Crippen MR) is 111 cm³/mol. The molecule has 6 nitrogen and oxygen atoms in total. The van der Waals surface area contributed by atoms with Crippen molar-refractivity contribution >= 4 is 29.4 Å². The normalized spacial score (nSPS) is 15.4. The molecule has 0 radical (unpaired) electrons. The molecule has 1 aliphatic rings. The Morgan fingerprint density at radius 2 is 1.84 bits per heavy atom. The van der Waals surface area contributed by atoms with E-state index in [-0.39, 0.29) is 28.2 Å². The van der Waals surface area contributed by atoms with Gasteiger partial charge in [0.05, 0.1) is 28.1 Å². The molecule has 1 aliphatic heterocycles. The van der Waals surface area contributed by atoms with Crippen LogP contribution in [0, 0.1) is 0 Å². The summed E-state index contributed by atoms with van der Waals surface area (Å²) < 4.78 is 44.5. The number of furan rings is 1. The standard InChI is InChI=1S/C23H15F3N2O4/c1-13-19(21(29)28(27-13)17-7-3-5-15(11-17)22(30)31)12-18-8-9-20(32-18)14-4-2-6-16(10-14)23(24,25)26/h2-12H,1H3,(H,30,31)/b19-12-. The number of carboxylic acids is 1. The summed E-state index contributed by atoms with van der Waals surface area (Å²) in [5.74, 6) is -1.14. The van der Waals surface area contributed by atoms with Crippen molar-refractivity contribution in [2.24, 2.45) is 5.10 Å². The minimum absolute atomic E-state index is 0.0114. The van der Waals surface area contributed by atoms with E-state index in [0.29, 0.717) is 11.4 Å². The Morgan fingerprint density at radius 1 is 1.09 bits per heavy atom. The van der Waals surface area contributed by atoms with Gasteiger partial charge in [-0.15, -0.1) is 0 Å². The van der Waals surface area contributed by atoms with Crippen molar-refractivity contribution in [3.63, 3.8) is 0 Å². The molecule has 162 valence electrons. The highest BCUT2D eigenvalue weighted by molar-refractivity contribution is 6.32. The summed E-state index contributed by atoms with van der Waals surface area (Å²) in [6, 6.07) is 13.6. The van der Waals surface area contributed by atoms with E-state index in [4.69, 9.17) is 9.52 Å². The molecule has 0 aliphatic carbocycles. The van der Waals surface area contributed by atoms with E-state index < -0.39 is 23.6 Å². The monoisotopic (exact) mass is 440 g/mol. The van der Waals surface area contributed by atoms with E-state index >= 15 is 0 Å². The van der Waals surface area contributed by atoms with E-state index in [9.17, 15) is 22.8 Å². The second-order valence-corrected chi connectivity index (χ2v) is 7.00. The number of alkyl halides is 3. The Bertz CT molecular complexity index is 1290. The van der Waals surface area contributed by atoms with Gasteiger partial charge in [-0.1, -0.05) is 18.2 Å². The molecule has 2 heterocycles. The van der Waals surface area contributed by atoms with Gasteiger partial charge in [0.2, 0.25) is 0 Å². The van der Waals surface area contributed by atoms with E-state index in [1.807, 2.05) is 0 Å². The number of hydrogen-bond donors (Lipinski definition) is 1. The highest BCUT2D eigenvalue weighted by atomic mass is 19.4. The van der Waals surface area contributed by atoms with Gasteiger partial charge in [-0.05, 0) is 55.5 Å². The number of carbonyl (C=O) groups is 2. The molecular formula is C23H15F3N2O4. The van der Waals surface area contributed by atoms with Crippen molar-refractivity contribution in [3.05, 3.63) is 83.1 Å². The number of nitrogens with zero attached hydrogens (tertiary/aromatic N) is 2. The fourth-order valence-corrected chi connectivity index (χ4v) is 3.21. The Hall–Kier alpha value is -4.14. The number of hydrogen-bond acceptors (Lipinski definition) is 4. The maximum atomic E-state index is 13.0. The fourth-order valence-electron chi connectivity index (χ4n) is 3.21. The SMILES string of the molecule is CC1=NN(c2cccc(C(=O)O)c2)C(=O)/C1=C\c1ccc(-c2cccc(C(F)(F)F)c2)o1. The van der Waals surface area contributed by atoms with Crippen LogP contribution in [-0.4, -0.2) is 22.7 Å². The maximum absolute atomic E-state index is 13.0. The topological polar surface area (TPSA) is 83.1 Å². The Morgan fingerprint density at radius 3 is 2.56 bits per heavy atom. The molecule has 2 aromatic carbocycles. The fraction of sp³-hybridized carbons (Fsp3) is 0.0870. The van der Waals surface area contributed by atoms with Gasteiger partial charge in [0.25, 0.3) is 5.91 Å². The van der Waals surface area contributed by atoms with Crippen LogP contribution in [-0.2, 0) is 11.0 Å². The van der Waals surface area contributed by atoms with Crippen molar-refractivity contribution < 1.29 is 32.3 Å². The molecule has 0 atom stereocenters. The summed E-state index contributed by atoms with van der Waals surface area (Å²) in [6.45, 7) is 1.61. The minimum Gasteiger partial charge on any atom is -0.478 e. The van der Waals surface area contributed by atoms with Crippen molar-refractivity contribution in [1.29, 1.82) is 0 Å². The smallest absolute Gasteiger partial charge is 0.416 e. The lowest BCUT2D eigenvalue weighted by molar-refractivity contribution is -0.137. The highest BCUT2D eigenvalue weighted by Gasteiger charge is 2.31. The lowest BCUT2D eigenvalue weighted by Crippen LogP contribution is -2.21. The van der Waals surface area contributed by atoms with E-state index in [1.165, 1.54) is 48.5 Å². The number of hydrazone groups is 1. The second-order valence-electron chi connectivity index (χ2n) is 7.00. The van der Waals surface area contributed by atoms with Crippen LogP contribution in [0.4, 0.5) is 18.9 Å². The van der Waals surface area contributed by atoms with E-state index in [1.54, 1.807) is 13.0 Å². The number of aromatic carboxylic acids is 1. The van der Waals surface area contributed by atoms with Crippen LogP contribution in [0.25, 0.3) is 17.4 Å². The van der Waals surface area contributed by atoms with Crippen LogP contribution in [0.3, 0.4) is 0 Å². The molecule has 1 aromatic heterocycles. The second kappa shape index (κ2) is 7.84. The molecule has 0 saturated heterocycles. The van der Waals surface area contributed by atoms with Gasteiger partial charge >= 0.3 is 12.1 Å². The minimum atomic E-state index is -4.47. The van der Waals surface area contributed by atoms with Gasteiger partial charge < -0.3 is 9.52 Å². The zero-order valence-corrected chi connectivity index (χ0v) is 16.6. The lowest BCUT2D eigenvalue weighted by Gasteiger charge is -2.12. The molecular weight excluding hydrogens is 425 g/mol. The molecule has 3 aromatic rings. The van der Waals surface area contributed by atoms with Crippen molar-refractivity contribution in [1.82, 2.24) is 0 Å². The van der Waals surface area contributed by atoms with Crippen LogP contribution in [0.1, 0.15) is 28.6 Å². The zero-order chi connectivity index (χ0) is 23.0. The first-order chi connectivity index (χ1) is 15.1. The molecule has 0 fully saturated rings. The zero-order valence-electron chi connectivity index (χ0n) is 16.6. The Labute approximate surface area is 179 Å². The van der Waals surface area contributed by atoms with Crippen molar-refractivity contribution in [3.8, 4) is 11.3 Å². The number of halogens is 3. The Kier molecular flexibility index (Phi) is 5.17. The van der Waals surface area contributed by atoms with Gasteiger partial charge in [-0.3, -0.25) is 4.79 Å². The van der Waals surface area contributed by atoms with Crippen LogP contribution in [0.15, 0.2) is 75.8 Å². The summed E-state index contributed by atoms with van der Waals surface area (Å²) >= 11 is 0. The summed E-state index contributed by atoms with van der Waals surface area (Å²) in [5, 5.41) is 14.4. The van der Waals surface area contributed by atoms with Gasteiger partial charge in [0, 0.05) is 5.56 Å². The number of anilines is 1. The Balaban J connectivity index is 1.62. The number of rotatable bonds is 4. The number of carboxylic acid groups (broad SMARTS) is 1. The lowest BCUT2D eigenvalue weighted by atomic mass is 10.1. The third-order valence-corrected chi connectivity index (χ3v) is 4.79. The highest BCUT2D eigenvalue weighted by Crippen LogP contribution is 2.33. The third kappa shape index (κ3) is 4.04. The molecule has 9 heteroatoms. The molecule has 1 amide bonds. The van der Waals surface area contributed by atoms with Crippen molar-refractivity contribution in [2.45, 2.75) is 13.1 Å².